The van der Waals surface area contributed by atoms with E-state index in [1.807, 2.05) is 12.1 Å². The van der Waals surface area contributed by atoms with Crippen LogP contribution in [0.4, 0.5) is 11.4 Å². The van der Waals surface area contributed by atoms with Crippen molar-refractivity contribution in [2.45, 2.75) is 58.9 Å². The van der Waals surface area contributed by atoms with E-state index in [-0.39, 0.29) is 5.54 Å². The molecule has 1 aliphatic heterocycles. The minimum atomic E-state index is -0.241. The maximum Gasteiger partial charge on any atom is 0.202 e. The number of aliphatic imine (C=N–C) groups is 1. The SMILES string of the molecule is Cc1ccccc1NC1=NC(=S)N(c2ccc(Cl)cc2)C12CCC(C(C)(C)C)CC2. The molecule has 1 heterocycles. The van der Waals surface area contributed by atoms with Crippen molar-refractivity contribution in [2.24, 2.45) is 16.3 Å². The van der Waals surface area contributed by atoms with Gasteiger partial charge in [-0.2, -0.15) is 0 Å². The van der Waals surface area contributed by atoms with Crippen molar-refractivity contribution >= 4 is 46.1 Å². The van der Waals surface area contributed by atoms with Crippen LogP contribution in [-0.2, 0) is 0 Å². The van der Waals surface area contributed by atoms with Gasteiger partial charge in [-0.15, -0.1) is 0 Å². The molecule has 5 heteroatoms. The molecule has 2 aromatic carbocycles. The van der Waals surface area contributed by atoms with E-state index < -0.39 is 0 Å². The molecule has 0 amide bonds. The maximum absolute atomic E-state index is 6.16. The minimum Gasteiger partial charge on any atom is -0.341 e. The third kappa shape index (κ3) is 3.88. The van der Waals surface area contributed by atoms with Gasteiger partial charge in [-0.05, 0) is 92.1 Å². The van der Waals surface area contributed by atoms with Gasteiger partial charge in [0.1, 0.15) is 11.4 Å². The molecule has 2 aromatic rings. The Labute approximate surface area is 190 Å². The fraction of sp³-hybridized carbons (Fsp3) is 0.440. The molecule has 0 atom stereocenters. The summed E-state index contributed by atoms with van der Waals surface area (Å²) in [7, 11) is 0. The third-order valence-corrected chi connectivity index (χ3v) is 7.31. The number of nitrogens with one attached hydrogen (secondary N) is 1. The van der Waals surface area contributed by atoms with Gasteiger partial charge >= 0.3 is 0 Å². The molecule has 0 aromatic heterocycles. The lowest BCUT2D eigenvalue weighted by atomic mass is 9.66. The molecular weight excluding hydrogens is 410 g/mol. The number of rotatable bonds is 2. The molecule has 1 N–H and O–H groups in total. The number of para-hydroxylation sites is 1. The predicted molar refractivity (Wildman–Crippen MR) is 133 cm³/mol. The Balaban J connectivity index is 1.72. The highest BCUT2D eigenvalue weighted by Crippen LogP contribution is 2.48. The van der Waals surface area contributed by atoms with Crippen LogP contribution >= 0.6 is 23.8 Å². The first kappa shape index (κ1) is 21.3. The summed E-state index contributed by atoms with van der Waals surface area (Å²) in [5.74, 6) is 1.67. The van der Waals surface area contributed by atoms with Crippen LogP contribution in [0.5, 0.6) is 0 Å². The van der Waals surface area contributed by atoms with Crippen molar-refractivity contribution in [1.29, 1.82) is 0 Å². The zero-order valence-electron chi connectivity index (χ0n) is 18.2. The second-order valence-corrected chi connectivity index (χ2v) is 10.5. The lowest BCUT2D eigenvalue weighted by Crippen LogP contribution is -2.56. The van der Waals surface area contributed by atoms with E-state index in [0.29, 0.717) is 16.4 Å². The first-order valence-corrected chi connectivity index (χ1v) is 11.5. The Morgan fingerprint density at radius 2 is 1.70 bits per heavy atom. The summed E-state index contributed by atoms with van der Waals surface area (Å²) in [5, 5.41) is 5.02. The van der Waals surface area contributed by atoms with Gasteiger partial charge in [0.2, 0.25) is 5.11 Å². The van der Waals surface area contributed by atoms with Gasteiger partial charge in [0, 0.05) is 16.4 Å². The number of anilines is 2. The summed E-state index contributed by atoms with van der Waals surface area (Å²) < 4.78 is 0. The second kappa shape index (κ2) is 7.97. The highest BCUT2D eigenvalue weighted by atomic mass is 35.5. The average molecular weight is 440 g/mol. The molecule has 4 rings (SSSR count). The van der Waals surface area contributed by atoms with Gasteiger partial charge in [0.25, 0.3) is 0 Å². The number of hydrogen-bond donors (Lipinski definition) is 1. The van der Waals surface area contributed by atoms with Gasteiger partial charge in [0.05, 0.1) is 0 Å². The normalized spacial score (nSPS) is 24.3. The van der Waals surface area contributed by atoms with Crippen LogP contribution in [0.15, 0.2) is 53.5 Å². The second-order valence-electron chi connectivity index (χ2n) is 9.67. The fourth-order valence-electron chi connectivity index (χ4n) is 4.89. The molecule has 1 saturated carbocycles. The van der Waals surface area contributed by atoms with Crippen LogP contribution in [0.2, 0.25) is 5.02 Å². The van der Waals surface area contributed by atoms with Gasteiger partial charge < -0.3 is 10.2 Å². The molecule has 0 unspecified atom stereocenters. The summed E-state index contributed by atoms with van der Waals surface area (Å²) >= 11 is 12.0. The number of nitrogens with zero attached hydrogens (tertiary/aromatic N) is 2. The first-order valence-electron chi connectivity index (χ1n) is 10.7. The third-order valence-electron chi connectivity index (χ3n) is 6.79. The summed E-state index contributed by atoms with van der Waals surface area (Å²) in [4.78, 5) is 7.16. The molecule has 0 bridgehead atoms. The highest BCUT2D eigenvalue weighted by Gasteiger charge is 2.51. The van der Waals surface area contributed by atoms with E-state index in [1.165, 1.54) is 5.56 Å². The van der Waals surface area contributed by atoms with E-state index in [2.05, 4.69) is 74.3 Å². The van der Waals surface area contributed by atoms with Crippen LogP contribution in [0, 0.1) is 18.3 Å². The molecule has 2 aliphatic rings. The van der Waals surface area contributed by atoms with Gasteiger partial charge in [-0.25, -0.2) is 4.99 Å². The standard InChI is InChI=1S/C25H30ClN3S/c1-17-7-5-6-8-21(17)27-22-25(15-13-18(14-16-25)24(2,3)4)29(23(30)28-22)20-11-9-19(26)10-12-20/h5-12,18H,13-16H2,1-4H3,(H,27,28,30). The minimum absolute atomic E-state index is 0.241. The highest BCUT2D eigenvalue weighted by molar-refractivity contribution is 7.80. The van der Waals surface area contributed by atoms with Crippen molar-refractivity contribution < 1.29 is 0 Å². The lowest BCUT2D eigenvalue weighted by Gasteiger charge is -2.47. The Kier molecular flexibility index (Phi) is 5.67. The van der Waals surface area contributed by atoms with Crippen molar-refractivity contribution in [1.82, 2.24) is 0 Å². The summed E-state index contributed by atoms with van der Waals surface area (Å²) in [6.07, 6.45) is 4.36. The average Bonchev–Trinajstić information content (AvgIpc) is 2.95. The largest absolute Gasteiger partial charge is 0.341 e. The zero-order valence-corrected chi connectivity index (χ0v) is 19.8. The Morgan fingerprint density at radius 1 is 1.07 bits per heavy atom. The van der Waals surface area contributed by atoms with Crippen molar-refractivity contribution in [3.05, 3.63) is 59.1 Å². The van der Waals surface area contributed by atoms with E-state index in [1.54, 1.807) is 0 Å². The molecular formula is C25H30ClN3S. The molecule has 0 radical (unpaired) electrons. The van der Waals surface area contributed by atoms with Crippen molar-refractivity contribution in [3.63, 3.8) is 0 Å². The Hall–Kier alpha value is -1.91. The van der Waals surface area contributed by atoms with Crippen LogP contribution in [-0.4, -0.2) is 16.5 Å². The molecule has 30 heavy (non-hydrogen) atoms. The van der Waals surface area contributed by atoms with E-state index in [4.69, 9.17) is 28.8 Å². The number of aryl methyl sites for hydroxylation is 1. The monoisotopic (exact) mass is 439 g/mol. The number of hydrogen-bond acceptors (Lipinski definition) is 2. The van der Waals surface area contributed by atoms with Crippen molar-refractivity contribution in [3.8, 4) is 0 Å². The van der Waals surface area contributed by atoms with E-state index >= 15 is 0 Å². The quantitative estimate of drug-likeness (QED) is 0.499. The number of halogens is 1. The number of amidine groups is 1. The Bertz CT molecular complexity index is 967. The topological polar surface area (TPSA) is 27.6 Å². The number of thiocarbonyl (C=S) groups is 1. The first-order chi connectivity index (χ1) is 14.2. The molecule has 1 aliphatic carbocycles. The lowest BCUT2D eigenvalue weighted by molar-refractivity contribution is 0.158. The molecule has 1 fully saturated rings. The van der Waals surface area contributed by atoms with Gasteiger partial charge in [-0.3, -0.25) is 0 Å². The Morgan fingerprint density at radius 3 is 2.30 bits per heavy atom. The van der Waals surface area contributed by atoms with E-state index in [0.717, 1.165) is 47.9 Å². The van der Waals surface area contributed by atoms with Gasteiger partial charge in [0.15, 0.2) is 0 Å². The van der Waals surface area contributed by atoms with Crippen LogP contribution in [0.25, 0.3) is 0 Å². The maximum atomic E-state index is 6.16. The fourth-order valence-corrected chi connectivity index (χ4v) is 5.39. The summed E-state index contributed by atoms with van der Waals surface area (Å²) in [5.41, 5.74) is 3.43. The smallest absolute Gasteiger partial charge is 0.202 e. The molecule has 1 spiro atoms. The molecule has 0 saturated heterocycles. The van der Waals surface area contributed by atoms with Crippen LogP contribution < -0.4 is 10.2 Å². The van der Waals surface area contributed by atoms with Crippen molar-refractivity contribution in [2.75, 3.05) is 10.2 Å². The predicted octanol–water partition coefficient (Wildman–Crippen LogP) is 7.24. The molecule has 3 nitrogen and oxygen atoms in total. The number of benzene rings is 2. The van der Waals surface area contributed by atoms with Gasteiger partial charge in [-0.1, -0.05) is 50.6 Å². The van der Waals surface area contributed by atoms with Crippen LogP contribution in [0.3, 0.4) is 0 Å². The van der Waals surface area contributed by atoms with Crippen LogP contribution in [0.1, 0.15) is 52.0 Å². The summed E-state index contributed by atoms with van der Waals surface area (Å²) in [6.45, 7) is 9.18. The molecule has 158 valence electrons. The summed E-state index contributed by atoms with van der Waals surface area (Å²) in [6, 6.07) is 16.3. The zero-order chi connectivity index (χ0) is 21.5. The van der Waals surface area contributed by atoms with E-state index in [9.17, 15) is 0 Å².